The summed E-state index contributed by atoms with van der Waals surface area (Å²) in [5.74, 6) is 1.18. The van der Waals surface area contributed by atoms with Crippen molar-refractivity contribution >= 4 is 15.9 Å². The average Bonchev–Trinajstić information content (AvgIpc) is 3.50. The van der Waals surface area contributed by atoms with Gasteiger partial charge >= 0.3 is 12.2 Å². The molecule has 2 aliphatic heterocycles. The maximum Gasteiger partial charge on any atom is 0.417 e. The van der Waals surface area contributed by atoms with Crippen molar-refractivity contribution in [3.8, 4) is 0 Å². The summed E-state index contributed by atoms with van der Waals surface area (Å²) in [7, 11) is -3.98. The number of H-pyrrole nitrogens is 1. The number of urea groups is 1. The predicted octanol–water partition coefficient (Wildman–Crippen LogP) is 3.48. The Kier molecular flexibility index (Phi) is 5.84. The number of halogens is 3. The topological polar surface area (TPSA) is 99.3 Å². The number of nitrogens with zero attached hydrogens (tertiary/aromatic N) is 4. The molecule has 190 valence electrons. The number of nitrogens with one attached hydrogen (secondary N) is 1. The van der Waals surface area contributed by atoms with E-state index >= 15 is 0 Å². The lowest BCUT2D eigenvalue weighted by atomic mass is 9.77. The molecule has 3 fully saturated rings. The highest BCUT2D eigenvalue weighted by molar-refractivity contribution is 7.90. The minimum Gasteiger partial charge on any atom is -0.324 e. The van der Waals surface area contributed by atoms with Gasteiger partial charge in [0.1, 0.15) is 12.2 Å². The van der Waals surface area contributed by atoms with Gasteiger partial charge in [-0.1, -0.05) is 6.07 Å². The Morgan fingerprint density at radius 2 is 2.00 bits per heavy atom. The molecule has 1 saturated carbocycles. The smallest absolute Gasteiger partial charge is 0.324 e. The van der Waals surface area contributed by atoms with Gasteiger partial charge in [0.15, 0.2) is 9.84 Å². The van der Waals surface area contributed by atoms with Crippen molar-refractivity contribution in [2.75, 3.05) is 32.4 Å². The maximum atomic E-state index is 13.5. The van der Waals surface area contributed by atoms with Crippen LogP contribution in [0.1, 0.15) is 48.6 Å². The number of carbonyl (C=O) groups is 1. The number of hydrogen-bond donors (Lipinski definition) is 1. The number of rotatable bonds is 4. The molecule has 0 bridgehead atoms. The Balaban J connectivity index is 1.18. The molecule has 12 heteroatoms. The van der Waals surface area contributed by atoms with Crippen LogP contribution in [0, 0.1) is 11.3 Å². The van der Waals surface area contributed by atoms with Gasteiger partial charge in [0, 0.05) is 43.8 Å². The van der Waals surface area contributed by atoms with Crippen LogP contribution in [0.2, 0.25) is 0 Å². The molecule has 3 aliphatic rings. The summed E-state index contributed by atoms with van der Waals surface area (Å²) in [6, 6.07) is 3.58. The average molecular weight is 512 g/mol. The molecule has 1 aromatic heterocycles. The van der Waals surface area contributed by atoms with Crippen molar-refractivity contribution in [1.82, 2.24) is 25.0 Å². The van der Waals surface area contributed by atoms with Crippen LogP contribution in [0.4, 0.5) is 18.0 Å². The molecule has 2 aromatic rings. The van der Waals surface area contributed by atoms with E-state index in [1.807, 2.05) is 9.80 Å². The van der Waals surface area contributed by atoms with E-state index in [9.17, 15) is 26.4 Å². The van der Waals surface area contributed by atoms with Gasteiger partial charge in [-0.15, -0.1) is 0 Å². The van der Waals surface area contributed by atoms with Gasteiger partial charge in [0.25, 0.3) is 0 Å². The van der Waals surface area contributed by atoms with E-state index in [4.69, 9.17) is 0 Å². The van der Waals surface area contributed by atoms with E-state index in [1.54, 1.807) is 0 Å². The first-order chi connectivity index (χ1) is 16.4. The number of likely N-dealkylation sites (tertiary alicyclic amines) is 2. The lowest BCUT2D eigenvalue weighted by molar-refractivity contribution is -0.139. The minimum atomic E-state index is -4.73. The van der Waals surface area contributed by atoms with Gasteiger partial charge < -0.3 is 9.80 Å². The Morgan fingerprint density at radius 3 is 2.66 bits per heavy atom. The zero-order valence-corrected chi connectivity index (χ0v) is 20.2. The van der Waals surface area contributed by atoms with Crippen molar-refractivity contribution in [3.05, 3.63) is 41.5 Å². The van der Waals surface area contributed by atoms with Crippen molar-refractivity contribution in [3.63, 3.8) is 0 Å². The fraction of sp³-hybridized carbons (Fsp3) is 0.609. The second-order valence-corrected chi connectivity index (χ2v) is 12.3. The summed E-state index contributed by atoms with van der Waals surface area (Å²) in [6.45, 7) is 2.64. The molecule has 2 amide bonds. The molecule has 2 saturated heterocycles. The molecular weight excluding hydrogens is 483 g/mol. The summed E-state index contributed by atoms with van der Waals surface area (Å²) in [6.07, 6.45) is 1.52. The number of aromatic amines is 1. The molecule has 1 aromatic carbocycles. The quantitative estimate of drug-likeness (QED) is 0.678. The lowest BCUT2D eigenvalue weighted by Crippen LogP contribution is -2.60. The van der Waals surface area contributed by atoms with Crippen molar-refractivity contribution < 1.29 is 26.4 Å². The number of amides is 2. The van der Waals surface area contributed by atoms with Crippen molar-refractivity contribution in [2.24, 2.45) is 11.3 Å². The molecule has 1 spiro atoms. The molecular formula is C23H28F3N5O3S. The summed E-state index contributed by atoms with van der Waals surface area (Å²) >= 11 is 0. The molecule has 2 atom stereocenters. The molecule has 2 unspecified atom stereocenters. The monoisotopic (exact) mass is 511 g/mol. The SMILES string of the molecule is CS(=O)(=O)c1ccc(CC2CCC3(C2)CN(C(=O)N2CCC(c4ncn[nH]4)C2)C3)cc1C(F)(F)F. The third kappa shape index (κ3) is 4.76. The van der Waals surface area contributed by atoms with Crippen LogP contribution >= 0.6 is 0 Å². The number of carbonyl (C=O) groups excluding carboxylic acids is 1. The maximum absolute atomic E-state index is 13.5. The highest BCUT2D eigenvalue weighted by Gasteiger charge is 2.50. The molecule has 1 N–H and O–H groups in total. The summed E-state index contributed by atoms with van der Waals surface area (Å²) < 4.78 is 64.1. The molecule has 3 heterocycles. The Hall–Kier alpha value is -2.63. The Labute approximate surface area is 201 Å². The first-order valence-corrected chi connectivity index (χ1v) is 13.6. The Bertz CT molecular complexity index is 1210. The molecule has 5 rings (SSSR count). The van der Waals surface area contributed by atoms with Crippen LogP contribution in [-0.2, 0) is 22.4 Å². The number of aromatic nitrogens is 3. The molecule has 35 heavy (non-hydrogen) atoms. The second kappa shape index (κ2) is 8.49. The van der Waals surface area contributed by atoms with E-state index in [1.165, 1.54) is 12.4 Å². The van der Waals surface area contributed by atoms with E-state index < -0.39 is 26.5 Å². The fourth-order valence-electron chi connectivity index (χ4n) is 6.04. The largest absolute Gasteiger partial charge is 0.417 e. The van der Waals surface area contributed by atoms with E-state index in [0.29, 0.717) is 38.2 Å². The van der Waals surface area contributed by atoms with Crippen LogP contribution in [0.3, 0.4) is 0 Å². The third-order valence-electron chi connectivity index (χ3n) is 7.68. The predicted molar refractivity (Wildman–Crippen MR) is 120 cm³/mol. The number of hydrogen-bond acceptors (Lipinski definition) is 5. The van der Waals surface area contributed by atoms with E-state index in [-0.39, 0.29) is 23.3 Å². The van der Waals surface area contributed by atoms with Crippen LogP contribution < -0.4 is 0 Å². The van der Waals surface area contributed by atoms with Crippen LogP contribution in [-0.4, -0.2) is 71.9 Å². The van der Waals surface area contributed by atoms with Gasteiger partial charge in [-0.3, -0.25) is 5.10 Å². The van der Waals surface area contributed by atoms with Gasteiger partial charge in [0.2, 0.25) is 0 Å². The highest BCUT2D eigenvalue weighted by Crippen LogP contribution is 2.49. The van der Waals surface area contributed by atoms with Gasteiger partial charge in [0.05, 0.1) is 10.5 Å². The molecule has 0 radical (unpaired) electrons. The van der Waals surface area contributed by atoms with Crippen LogP contribution in [0.5, 0.6) is 0 Å². The van der Waals surface area contributed by atoms with E-state index in [2.05, 4.69) is 15.2 Å². The summed E-state index contributed by atoms with van der Waals surface area (Å²) in [4.78, 5) is 20.2. The van der Waals surface area contributed by atoms with Gasteiger partial charge in [-0.05, 0) is 55.7 Å². The number of benzene rings is 1. The van der Waals surface area contributed by atoms with Gasteiger partial charge in [-0.2, -0.15) is 18.3 Å². The van der Waals surface area contributed by atoms with Crippen LogP contribution in [0.25, 0.3) is 0 Å². The molecule has 8 nitrogen and oxygen atoms in total. The number of alkyl halides is 3. The van der Waals surface area contributed by atoms with Crippen LogP contribution in [0.15, 0.2) is 29.4 Å². The standard InChI is InChI=1S/C23H28F3N5O3S/c1-35(33,34)19-3-2-15(9-18(19)23(24,25)26)8-16-4-6-22(10-16)12-31(13-22)21(32)30-7-5-17(11-30)20-27-14-28-29-20/h2-3,9,14,16-17H,4-8,10-13H2,1H3,(H,27,28,29). The van der Waals surface area contributed by atoms with E-state index in [0.717, 1.165) is 49.9 Å². The van der Waals surface area contributed by atoms with Gasteiger partial charge in [-0.25, -0.2) is 18.2 Å². The molecule has 1 aliphatic carbocycles. The normalized spacial score (nSPS) is 24.2. The minimum absolute atomic E-state index is 0.0317. The highest BCUT2D eigenvalue weighted by atomic mass is 32.2. The second-order valence-electron chi connectivity index (χ2n) is 10.4. The first-order valence-electron chi connectivity index (χ1n) is 11.7. The third-order valence-corrected chi connectivity index (χ3v) is 8.83. The fourth-order valence-corrected chi connectivity index (χ4v) is 6.93. The van der Waals surface area contributed by atoms with Crippen molar-refractivity contribution in [2.45, 2.75) is 49.1 Å². The Morgan fingerprint density at radius 1 is 1.23 bits per heavy atom. The first kappa shape index (κ1) is 24.1. The zero-order chi connectivity index (χ0) is 25.0. The summed E-state index contributed by atoms with van der Waals surface area (Å²) in [5, 5.41) is 6.76. The summed E-state index contributed by atoms with van der Waals surface area (Å²) in [5.41, 5.74) is -0.571. The van der Waals surface area contributed by atoms with Crippen molar-refractivity contribution in [1.29, 1.82) is 0 Å². The number of sulfone groups is 1. The zero-order valence-electron chi connectivity index (χ0n) is 19.4. The lowest BCUT2D eigenvalue weighted by Gasteiger charge is -2.49.